The lowest BCUT2D eigenvalue weighted by Gasteiger charge is -2.39. The molecule has 3 aliphatic rings. The molecule has 4 rings (SSSR count). The van der Waals surface area contributed by atoms with Crippen molar-refractivity contribution in [1.29, 1.82) is 0 Å². The van der Waals surface area contributed by atoms with Crippen LogP contribution in [0.2, 0.25) is 0 Å². The van der Waals surface area contributed by atoms with E-state index in [1.807, 2.05) is 0 Å². The van der Waals surface area contributed by atoms with Gasteiger partial charge in [-0.25, -0.2) is 0 Å². The quantitative estimate of drug-likeness (QED) is 0.873. The monoisotopic (exact) mass is 355 g/mol. The van der Waals surface area contributed by atoms with Gasteiger partial charge >= 0.3 is 0 Å². The fraction of sp³-hybridized carbons (Fsp3) is 0.682. The van der Waals surface area contributed by atoms with Crippen LogP contribution in [0, 0.1) is 5.92 Å². The smallest absolute Gasteiger partial charge is 0.223 e. The first kappa shape index (κ1) is 18.0. The number of benzene rings is 1. The molecule has 4 heteroatoms. The molecule has 1 heterocycles. The molecule has 1 saturated heterocycles. The number of nitrogens with one attached hydrogen (secondary N) is 2. The second-order valence-electron chi connectivity index (χ2n) is 8.42. The molecule has 1 amide bonds. The topological polar surface area (TPSA) is 44.4 Å². The molecule has 2 N–H and O–H groups in total. The summed E-state index contributed by atoms with van der Waals surface area (Å²) in [7, 11) is 0. The zero-order chi connectivity index (χ0) is 17.8. The first-order chi connectivity index (χ1) is 12.8. The number of piperazine rings is 1. The van der Waals surface area contributed by atoms with E-state index in [9.17, 15) is 4.79 Å². The zero-order valence-corrected chi connectivity index (χ0v) is 15.8. The van der Waals surface area contributed by atoms with Crippen molar-refractivity contribution in [3.05, 3.63) is 35.9 Å². The van der Waals surface area contributed by atoms with E-state index >= 15 is 0 Å². The van der Waals surface area contributed by atoms with Crippen LogP contribution in [0.4, 0.5) is 0 Å². The van der Waals surface area contributed by atoms with Gasteiger partial charge in [-0.15, -0.1) is 0 Å². The van der Waals surface area contributed by atoms with Crippen LogP contribution in [0.1, 0.15) is 56.4 Å². The standard InChI is InChI=1S/C22H33N3O/c26-22(19-7-6-18(16-19)17-4-2-1-3-5-17)24-20-8-10-21(11-9-20)25-14-12-23-13-15-25/h1-5,18-21,23H,6-16H2,(H,24,26)/t18-,19-,20?,21?/m1/s1. The van der Waals surface area contributed by atoms with Crippen molar-refractivity contribution in [2.75, 3.05) is 26.2 Å². The van der Waals surface area contributed by atoms with Crippen molar-refractivity contribution in [3.8, 4) is 0 Å². The van der Waals surface area contributed by atoms with Gasteiger partial charge < -0.3 is 10.6 Å². The Balaban J connectivity index is 1.22. The third-order valence-corrected chi connectivity index (χ3v) is 6.79. The highest BCUT2D eigenvalue weighted by Gasteiger charge is 2.33. The fourth-order valence-electron chi connectivity index (χ4n) is 5.20. The number of nitrogens with zero attached hydrogens (tertiary/aromatic N) is 1. The Kier molecular flexibility index (Phi) is 5.91. The van der Waals surface area contributed by atoms with Crippen molar-refractivity contribution >= 4 is 5.91 Å². The molecule has 1 aromatic rings. The summed E-state index contributed by atoms with van der Waals surface area (Å²) < 4.78 is 0. The van der Waals surface area contributed by atoms with Crippen LogP contribution in [0.5, 0.6) is 0 Å². The number of hydrogen-bond donors (Lipinski definition) is 2. The van der Waals surface area contributed by atoms with Gasteiger partial charge in [-0.2, -0.15) is 0 Å². The maximum absolute atomic E-state index is 12.7. The van der Waals surface area contributed by atoms with Crippen molar-refractivity contribution in [2.45, 2.75) is 62.9 Å². The molecule has 4 nitrogen and oxygen atoms in total. The number of amides is 1. The van der Waals surface area contributed by atoms with E-state index in [-0.39, 0.29) is 5.92 Å². The molecule has 2 atom stereocenters. The molecule has 26 heavy (non-hydrogen) atoms. The minimum absolute atomic E-state index is 0.214. The van der Waals surface area contributed by atoms with E-state index in [4.69, 9.17) is 0 Å². The summed E-state index contributed by atoms with van der Waals surface area (Å²) in [5, 5.41) is 6.82. The lowest BCUT2D eigenvalue weighted by Crippen LogP contribution is -2.51. The molecule has 3 fully saturated rings. The number of carbonyl (C=O) groups is 1. The second kappa shape index (κ2) is 8.53. The minimum Gasteiger partial charge on any atom is -0.353 e. The molecule has 1 aliphatic heterocycles. The van der Waals surface area contributed by atoms with Crippen LogP contribution in [0.25, 0.3) is 0 Å². The van der Waals surface area contributed by atoms with Crippen LogP contribution in [-0.4, -0.2) is 49.1 Å². The Hall–Kier alpha value is -1.39. The highest BCUT2D eigenvalue weighted by molar-refractivity contribution is 5.79. The van der Waals surface area contributed by atoms with E-state index < -0.39 is 0 Å². The maximum atomic E-state index is 12.7. The Morgan fingerprint density at radius 3 is 2.42 bits per heavy atom. The van der Waals surface area contributed by atoms with E-state index in [1.165, 1.54) is 31.5 Å². The number of hydrogen-bond acceptors (Lipinski definition) is 3. The molecular formula is C22H33N3O. The average Bonchev–Trinajstić information content (AvgIpc) is 3.20. The van der Waals surface area contributed by atoms with Crippen molar-refractivity contribution in [3.63, 3.8) is 0 Å². The first-order valence-corrected chi connectivity index (χ1v) is 10.6. The normalized spacial score (nSPS) is 33.1. The third kappa shape index (κ3) is 4.29. The van der Waals surface area contributed by atoms with Gasteiger partial charge in [0.05, 0.1) is 0 Å². The van der Waals surface area contributed by atoms with Crippen LogP contribution >= 0.6 is 0 Å². The fourth-order valence-corrected chi connectivity index (χ4v) is 5.20. The van der Waals surface area contributed by atoms with Gasteiger partial charge in [0.2, 0.25) is 5.91 Å². The summed E-state index contributed by atoms with van der Waals surface area (Å²) >= 11 is 0. The van der Waals surface area contributed by atoms with Crippen molar-refractivity contribution in [1.82, 2.24) is 15.5 Å². The van der Waals surface area contributed by atoms with Gasteiger partial charge in [-0.1, -0.05) is 30.3 Å². The summed E-state index contributed by atoms with van der Waals surface area (Å²) in [4.78, 5) is 15.4. The van der Waals surface area contributed by atoms with Gasteiger partial charge in [-0.3, -0.25) is 9.69 Å². The molecule has 2 aliphatic carbocycles. The molecule has 0 radical (unpaired) electrons. The summed E-state index contributed by atoms with van der Waals surface area (Å²) in [6, 6.07) is 11.8. The van der Waals surface area contributed by atoms with Crippen LogP contribution in [0.15, 0.2) is 30.3 Å². The predicted octanol–water partition coefficient (Wildman–Crippen LogP) is 2.90. The average molecular weight is 356 g/mol. The van der Waals surface area contributed by atoms with Gasteiger partial charge in [-0.05, 0) is 56.4 Å². The Morgan fingerprint density at radius 2 is 1.69 bits per heavy atom. The van der Waals surface area contributed by atoms with Crippen LogP contribution in [0.3, 0.4) is 0 Å². The summed E-state index contributed by atoms with van der Waals surface area (Å²) in [6.45, 7) is 4.62. The minimum atomic E-state index is 0.214. The SMILES string of the molecule is O=C(NC1CCC(N2CCNCC2)CC1)[C@@H]1CC[C@@H](c2ccccc2)C1. The lowest BCUT2D eigenvalue weighted by molar-refractivity contribution is -0.125. The van der Waals surface area contributed by atoms with Gasteiger partial charge in [0.15, 0.2) is 0 Å². The Morgan fingerprint density at radius 1 is 0.962 bits per heavy atom. The Bertz CT molecular complexity index is 576. The highest BCUT2D eigenvalue weighted by Crippen LogP contribution is 2.38. The van der Waals surface area contributed by atoms with Crippen LogP contribution < -0.4 is 10.6 Å². The first-order valence-electron chi connectivity index (χ1n) is 10.6. The van der Waals surface area contributed by atoms with E-state index in [2.05, 4.69) is 45.9 Å². The van der Waals surface area contributed by atoms with E-state index in [0.717, 1.165) is 51.2 Å². The molecule has 0 aromatic heterocycles. The predicted molar refractivity (Wildman–Crippen MR) is 105 cm³/mol. The molecule has 0 bridgehead atoms. The third-order valence-electron chi connectivity index (χ3n) is 6.79. The van der Waals surface area contributed by atoms with E-state index in [1.54, 1.807) is 0 Å². The number of rotatable bonds is 4. The zero-order valence-electron chi connectivity index (χ0n) is 15.8. The van der Waals surface area contributed by atoms with Crippen molar-refractivity contribution < 1.29 is 4.79 Å². The van der Waals surface area contributed by atoms with E-state index in [0.29, 0.717) is 17.9 Å². The molecule has 142 valence electrons. The largest absolute Gasteiger partial charge is 0.353 e. The molecule has 0 unspecified atom stereocenters. The summed E-state index contributed by atoms with van der Waals surface area (Å²) in [5.74, 6) is 1.09. The summed E-state index contributed by atoms with van der Waals surface area (Å²) in [5.41, 5.74) is 1.40. The van der Waals surface area contributed by atoms with Crippen molar-refractivity contribution in [2.24, 2.45) is 5.92 Å². The molecule has 1 aromatic carbocycles. The summed E-state index contributed by atoms with van der Waals surface area (Å²) in [6.07, 6.45) is 7.99. The van der Waals surface area contributed by atoms with Crippen LogP contribution in [-0.2, 0) is 4.79 Å². The van der Waals surface area contributed by atoms with Gasteiger partial charge in [0, 0.05) is 44.2 Å². The Labute approximate surface area is 157 Å². The van der Waals surface area contributed by atoms with Gasteiger partial charge in [0.1, 0.15) is 0 Å². The van der Waals surface area contributed by atoms with Gasteiger partial charge in [0.25, 0.3) is 0 Å². The molecular weight excluding hydrogens is 322 g/mol. The molecule has 2 saturated carbocycles. The second-order valence-corrected chi connectivity index (χ2v) is 8.42. The number of carbonyl (C=O) groups excluding carboxylic acids is 1. The highest BCUT2D eigenvalue weighted by atomic mass is 16.1. The lowest BCUT2D eigenvalue weighted by atomic mass is 9.89. The maximum Gasteiger partial charge on any atom is 0.223 e. The molecule has 0 spiro atoms.